The average Bonchev–Trinajstić information content (AvgIpc) is 2.71. The van der Waals surface area contributed by atoms with Crippen LogP contribution >= 0.6 is 0 Å². The van der Waals surface area contributed by atoms with Gasteiger partial charge in [0.15, 0.2) is 0 Å². The zero-order chi connectivity index (χ0) is 13.9. The highest BCUT2D eigenvalue weighted by Crippen LogP contribution is 2.29. The maximum absolute atomic E-state index is 11.2. The van der Waals surface area contributed by atoms with E-state index >= 15 is 0 Å². The van der Waals surface area contributed by atoms with Crippen LogP contribution in [0.15, 0.2) is 24.3 Å². The summed E-state index contributed by atoms with van der Waals surface area (Å²) in [6.45, 7) is 7.96. The van der Waals surface area contributed by atoms with Crippen molar-refractivity contribution in [2.75, 3.05) is 13.1 Å². The molecule has 1 amide bonds. The minimum absolute atomic E-state index is 0.158. The van der Waals surface area contributed by atoms with Gasteiger partial charge < -0.3 is 0 Å². The van der Waals surface area contributed by atoms with Crippen molar-refractivity contribution in [1.82, 2.24) is 10.3 Å². The van der Waals surface area contributed by atoms with Crippen LogP contribution in [0.25, 0.3) is 0 Å². The standard InChI is InChI=1S/C15H23N3O/c1-15(2)7-8-18(11-15)10-13-5-3-12(4-6-13)9-14(19)17-16/h3-6H,7-11,16H2,1-2H3,(H,17,19). The van der Waals surface area contributed by atoms with Gasteiger partial charge in [0.1, 0.15) is 0 Å². The monoisotopic (exact) mass is 261 g/mol. The number of nitrogens with two attached hydrogens (primary N) is 1. The maximum Gasteiger partial charge on any atom is 0.238 e. The van der Waals surface area contributed by atoms with Gasteiger partial charge in [-0.05, 0) is 29.5 Å². The maximum atomic E-state index is 11.2. The van der Waals surface area contributed by atoms with E-state index in [0.717, 1.165) is 18.7 Å². The van der Waals surface area contributed by atoms with Crippen molar-refractivity contribution in [1.29, 1.82) is 0 Å². The molecule has 3 N–H and O–H groups in total. The van der Waals surface area contributed by atoms with E-state index in [1.807, 2.05) is 12.1 Å². The summed E-state index contributed by atoms with van der Waals surface area (Å²) in [5, 5.41) is 0. The number of hydrogen-bond acceptors (Lipinski definition) is 3. The van der Waals surface area contributed by atoms with Crippen molar-refractivity contribution < 1.29 is 4.79 Å². The molecule has 0 radical (unpaired) electrons. The van der Waals surface area contributed by atoms with Crippen molar-refractivity contribution in [2.24, 2.45) is 11.3 Å². The summed E-state index contributed by atoms with van der Waals surface area (Å²) < 4.78 is 0. The molecule has 0 atom stereocenters. The Morgan fingerprint density at radius 2 is 1.95 bits per heavy atom. The number of likely N-dealkylation sites (tertiary alicyclic amines) is 1. The first kappa shape index (κ1) is 14.0. The highest BCUT2D eigenvalue weighted by atomic mass is 16.2. The van der Waals surface area contributed by atoms with Crippen LogP contribution in [0.1, 0.15) is 31.4 Å². The van der Waals surface area contributed by atoms with E-state index in [2.05, 4.69) is 36.3 Å². The van der Waals surface area contributed by atoms with Gasteiger partial charge in [-0.1, -0.05) is 38.1 Å². The van der Waals surface area contributed by atoms with Crippen LogP contribution in [0.2, 0.25) is 0 Å². The molecule has 1 aliphatic rings. The molecular weight excluding hydrogens is 238 g/mol. The number of benzene rings is 1. The summed E-state index contributed by atoms with van der Waals surface area (Å²) in [6.07, 6.45) is 1.61. The number of amides is 1. The van der Waals surface area contributed by atoms with E-state index in [-0.39, 0.29) is 5.91 Å². The van der Waals surface area contributed by atoms with Gasteiger partial charge in [-0.15, -0.1) is 0 Å². The SMILES string of the molecule is CC1(C)CCN(Cc2ccc(CC(=O)NN)cc2)C1. The van der Waals surface area contributed by atoms with Gasteiger partial charge in [-0.25, -0.2) is 5.84 Å². The van der Waals surface area contributed by atoms with Crippen LogP contribution < -0.4 is 11.3 Å². The molecule has 4 heteroatoms. The molecule has 0 bridgehead atoms. The van der Waals surface area contributed by atoms with E-state index in [4.69, 9.17) is 5.84 Å². The van der Waals surface area contributed by atoms with E-state index in [1.54, 1.807) is 0 Å². The molecule has 1 aliphatic heterocycles. The first-order valence-electron chi connectivity index (χ1n) is 6.78. The Morgan fingerprint density at radius 3 is 2.47 bits per heavy atom. The molecule has 0 aliphatic carbocycles. The van der Waals surface area contributed by atoms with E-state index in [1.165, 1.54) is 18.5 Å². The Kier molecular flexibility index (Phi) is 4.22. The first-order valence-corrected chi connectivity index (χ1v) is 6.78. The second-order valence-corrected chi connectivity index (χ2v) is 6.19. The molecule has 1 fully saturated rings. The molecule has 1 saturated heterocycles. The number of carbonyl (C=O) groups is 1. The van der Waals surface area contributed by atoms with E-state index in [9.17, 15) is 4.79 Å². The Labute approximate surface area is 114 Å². The Bertz CT molecular complexity index is 439. The van der Waals surface area contributed by atoms with Crippen LogP contribution in [0.5, 0.6) is 0 Å². The summed E-state index contributed by atoms with van der Waals surface area (Å²) in [7, 11) is 0. The second-order valence-electron chi connectivity index (χ2n) is 6.19. The van der Waals surface area contributed by atoms with Crippen LogP contribution in [0, 0.1) is 5.41 Å². The highest BCUT2D eigenvalue weighted by molar-refractivity contribution is 5.77. The quantitative estimate of drug-likeness (QED) is 0.490. The lowest BCUT2D eigenvalue weighted by atomic mass is 9.93. The topological polar surface area (TPSA) is 58.4 Å². The molecule has 1 aromatic carbocycles. The zero-order valence-electron chi connectivity index (χ0n) is 11.8. The fraction of sp³-hybridized carbons (Fsp3) is 0.533. The van der Waals surface area contributed by atoms with Crippen LogP contribution in [-0.2, 0) is 17.8 Å². The van der Waals surface area contributed by atoms with Crippen molar-refractivity contribution in [3.8, 4) is 0 Å². The third-order valence-electron chi connectivity index (χ3n) is 3.71. The number of carbonyl (C=O) groups excluding carboxylic acids is 1. The average molecular weight is 261 g/mol. The van der Waals surface area contributed by atoms with E-state index in [0.29, 0.717) is 11.8 Å². The summed E-state index contributed by atoms with van der Waals surface area (Å²) in [5.74, 6) is 4.92. The molecule has 4 nitrogen and oxygen atoms in total. The number of nitrogens with one attached hydrogen (secondary N) is 1. The highest BCUT2D eigenvalue weighted by Gasteiger charge is 2.28. The van der Waals surface area contributed by atoms with Crippen molar-refractivity contribution in [3.63, 3.8) is 0 Å². The van der Waals surface area contributed by atoms with Gasteiger partial charge in [-0.2, -0.15) is 0 Å². The molecule has 0 unspecified atom stereocenters. The molecule has 0 saturated carbocycles. The Hall–Kier alpha value is -1.39. The van der Waals surface area contributed by atoms with Gasteiger partial charge in [0.2, 0.25) is 5.91 Å². The Balaban J connectivity index is 1.90. The molecule has 19 heavy (non-hydrogen) atoms. The summed E-state index contributed by atoms with van der Waals surface area (Å²) in [5.41, 5.74) is 4.89. The smallest absolute Gasteiger partial charge is 0.238 e. The van der Waals surface area contributed by atoms with Crippen LogP contribution in [-0.4, -0.2) is 23.9 Å². The molecule has 104 valence electrons. The zero-order valence-corrected chi connectivity index (χ0v) is 11.8. The first-order chi connectivity index (χ1) is 8.98. The van der Waals surface area contributed by atoms with Crippen molar-refractivity contribution in [2.45, 2.75) is 33.2 Å². The number of hydrogen-bond donors (Lipinski definition) is 2. The lowest BCUT2D eigenvalue weighted by molar-refractivity contribution is -0.120. The number of hydrazine groups is 1. The minimum atomic E-state index is -0.158. The third kappa shape index (κ3) is 4.04. The lowest BCUT2D eigenvalue weighted by Crippen LogP contribution is -2.31. The molecule has 1 heterocycles. The molecule has 2 rings (SSSR count). The predicted molar refractivity (Wildman–Crippen MR) is 76.2 cm³/mol. The van der Waals surface area contributed by atoms with Crippen molar-refractivity contribution >= 4 is 5.91 Å². The molecule has 0 aromatic heterocycles. The van der Waals surface area contributed by atoms with Gasteiger partial charge in [0.05, 0.1) is 6.42 Å². The van der Waals surface area contributed by atoms with E-state index < -0.39 is 0 Å². The molecule has 1 aromatic rings. The predicted octanol–water partition coefficient (Wildman–Crippen LogP) is 1.45. The summed E-state index contributed by atoms with van der Waals surface area (Å²) >= 11 is 0. The fourth-order valence-corrected chi connectivity index (χ4v) is 2.62. The van der Waals surface area contributed by atoms with Gasteiger partial charge in [0, 0.05) is 13.1 Å². The number of nitrogens with zero attached hydrogens (tertiary/aromatic N) is 1. The normalized spacial score (nSPS) is 18.5. The lowest BCUT2D eigenvalue weighted by Gasteiger charge is -2.19. The Morgan fingerprint density at radius 1 is 1.32 bits per heavy atom. The molecule has 0 spiro atoms. The van der Waals surface area contributed by atoms with Crippen LogP contribution in [0.4, 0.5) is 0 Å². The second kappa shape index (κ2) is 5.72. The van der Waals surface area contributed by atoms with Crippen molar-refractivity contribution in [3.05, 3.63) is 35.4 Å². The fourth-order valence-electron chi connectivity index (χ4n) is 2.62. The third-order valence-corrected chi connectivity index (χ3v) is 3.71. The van der Waals surface area contributed by atoms with Crippen LogP contribution in [0.3, 0.4) is 0 Å². The summed E-state index contributed by atoms with van der Waals surface area (Å²) in [6, 6.07) is 8.21. The van der Waals surface area contributed by atoms with Gasteiger partial charge in [0.25, 0.3) is 0 Å². The largest absolute Gasteiger partial charge is 0.299 e. The number of rotatable bonds is 4. The minimum Gasteiger partial charge on any atom is -0.299 e. The van der Waals surface area contributed by atoms with Gasteiger partial charge >= 0.3 is 0 Å². The molecular formula is C15H23N3O. The summed E-state index contributed by atoms with van der Waals surface area (Å²) in [4.78, 5) is 13.7. The van der Waals surface area contributed by atoms with Gasteiger partial charge in [-0.3, -0.25) is 15.1 Å².